The number of hydrogen-bond donors (Lipinski definition) is 0. The van der Waals surface area contributed by atoms with Gasteiger partial charge in [-0.1, -0.05) is 55.9 Å². The van der Waals surface area contributed by atoms with Crippen molar-refractivity contribution in [1.82, 2.24) is 0 Å². The summed E-state index contributed by atoms with van der Waals surface area (Å²) in [6.45, 7) is 2.18. The van der Waals surface area contributed by atoms with Crippen molar-refractivity contribution in [3.05, 3.63) is 82.7 Å². The molecule has 1 saturated carbocycles. The molecule has 3 heteroatoms. The van der Waals surface area contributed by atoms with E-state index in [1.807, 2.05) is 6.07 Å². The lowest BCUT2D eigenvalue weighted by molar-refractivity contribution is 0.376. The van der Waals surface area contributed by atoms with Crippen molar-refractivity contribution in [1.29, 1.82) is 0 Å². The minimum Gasteiger partial charge on any atom is -0.207 e. The van der Waals surface area contributed by atoms with Crippen LogP contribution in [-0.4, -0.2) is 0 Å². The van der Waals surface area contributed by atoms with E-state index in [0.717, 1.165) is 61.3 Å². The highest BCUT2D eigenvalue weighted by Gasteiger charge is 2.23. The Morgan fingerprint density at radius 2 is 1.66 bits per heavy atom. The van der Waals surface area contributed by atoms with Gasteiger partial charge in [0, 0.05) is 16.9 Å². The summed E-state index contributed by atoms with van der Waals surface area (Å²) in [4.78, 5) is 0. The van der Waals surface area contributed by atoms with Crippen LogP contribution in [0.5, 0.6) is 0 Å². The van der Waals surface area contributed by atoms with E-state index in [9.17, 15) is 13.2 Å². The maximum Gasteiger partial charge on any atom is 0.166 e. The fourth-order valence-electron chi connectivity index (χ4n) is 4.71. The van der Waals surface area contributed by atoms with Crippen molar-refractivity contribution in [3.8, 4) is 11.8 Å². The molecule has 0 bridgehead atoms. The van der Waals surface area contributed by atoms with E-state index in [0.29, 0.717) is 5.39 Å². The largest absolute Gasteiger partial charge is 0.207 e. The predicted octanol–water partition coefficient (Wildman–Crippen LogP) is 8.32. The lowest BCUT2D eigenvalue weighted by atomic mass is 9.78. The Morgan fingerprint density at radius 3 is 2.41 bits per heavy atom. The molecular formula is C29H29F3. The molecule has 0 aromatic heterocycles. The molecule has 1 aliphatic carbocycles. The first kappa shape index (κ1) is 22.5. The number of benzene rings is 3. The molecular weight excluding hydrogens is 405 g/mol. The summed E-state index contributed by atoms with van der Waals surface area (Å²) in [6.07, 6.45) is 8.19. The van der Waals surface area contributed by atoms with Crippen LogP contribution in [0.15, 0.2) is 48.5 Å². The van der Waals surface area contributed by atoms with Gasteiger partial charge in [0.1, 0.15) is 5.82 Å². The third-order valence-corrected chi connectivity index (χ3v) is 6.63. The Hall–Kier alpha value is -2.73. The van der Waals surface area contributed by atoms with E-state index in [-0.39, 0.29) is 23.0 Å². The van der Waals surface area contributed by atoms with Crippen LogP contribution in [0.1, 0.15) is 74.5 Å². The zero-order chi connectivity index (χ0) is 22.5. The molecule has 1 fully saturated rings. The summed E-state index contributed by atoms with van der Waals surface area (Å²) in [5, 5.41) is 0.919. The topological polar surface area (TPSA) is 0 Å². The molecule has 0 N–H and O–H groups in total. The van der Waals surface area contributed by atoms with Crippen LogP contribution >= 0.6 is 0 Å². The molecule has 0 radical (unpaired) electrons. The van der Waals surface area contributed by atoms with Crippen molar-refractivity contribution in [2.75, 3.05) is 0 Å². The summed E-state index contributed by atoms with van der Waals surface area (Å²) >= 11 is 0. The van der Waals surface area contributed by atoms with E-state index in [1.165, 1.54) is 12.8 Å². The van der Waals surface area contributed by atoms with Gasteiger partial charge in [0.15, 0.2) is 11.6 Å². The zero-order valence-corrected chi connectivity index (χ0v) is 18.6. The molecule has 0 amide bonds. The fraction of sp³-hybridized carbons (Fsp3) is 0.379. The van der Waals surface area contributed by atoms with Gasteiger partial charge in [0.05, 0.1) is 0 Å². The van der Waals surface area contributed by atoms with Crippen molar-refractivity contribution in [2.45, 2.75) is 64.2 Å². The van der Waals surface area contributed by atoms with Crippen LogP contribution in [0.2, 0.25) is 0 Å². The minimum atomic E-state index is -0.837. The third kappa shape index (κ3) is 5.18. The predicted molar refractivity (Wildman–Crippen MR) is 125 cm³/mol. The molecule has 166 valence electrons. The molecule has 0 nitrogen and oxygen atoms in total. The molecule has 3 aromatic carbocycles. The number of hydrogen-bond acceptors (Lipinski definition) is 0. The highest BCUT2D eigenvalue weighted by Crippen LogP contribution is 2.37. The van der Waals surface area contributed by atoms with Gasteiger partial charge in [-0.3, -0.25) is 0 Å². The second-order valence-corrected chi connectivity index (χ2v) is 8.93. The van der Waals surface area contributed by atoms with E-state index in [4.69, 9.17) is 0 Å². The maximum absolute atomic E-state index is 14.7. The van der Waals surface area contributed by atoms with Crippen LogP contribution in [-0.2, 0) is 6.42 Å². The Balaban J connectivity index is 1.37. The highest BCUT2D eigenvalue weighted by molar-refractivity contribution is 5.84. The second kappa shape index (κ2) is 10.3. The van der Waals surface area contributed by atoms with Gasteiger partial charge in [-0.15, -0.1) is 0 Å². The summed E-state index contributed by atoms with van der Waals surface area (Å²) in [5.74, 6) is 5.36. The zero-order valence-electron chi connectivity index (χ0n) is 18.6. The molecule has 0 aliphatic heterocycles. The number of fused-ring (bicyclic) bond motifs is 1. The Labute approximate surface area is 188 Å². The second-order valence-electron chi connectivity index (χ2n) is 8.93. The van der Waals surface area contributed by atoms with E-state index in [1.54, 1.807) is 30.3 Å². The molecule has 0 spiro atoms. The first-order valence-electron chi connectivity index (χ1n) is 11.7. The van der Waals surface area contributed by atoms with Crippen molar-refractivity contribution >= 4 is 10.8 Å². The third-order valence-electron chi connectivity index (χ3n) is 6.63. The monoisotopic (exact) mass is 434 g/mol. The van der Waals surface area contributed by atoms with Gasteiger partial charge in [-0.25, -0.2) is 13.2 Å². The number of aryl methyl sites for hydroxylation is 1. The lowest BCUT2D eigenvalue weighted by Crippen LogP contribution is -2.13. The SMILES string of the molecule is CCCCCc1ccc(C2CCC(C#Cc3ccc4c(F)c(F)ccc4c3)CC2)c(F)c1. The average Bonchev–Trinajstić information content (AvgIpc) is 2.81. The van der Waals surface area contributed by atoms with Crippen LogP contribution in [0.3, 0.4) is 0 Å². The summed E-state index contributed by atoms with van der Waals surface area (Å²) in [6, 6.07) is 13.7. The van der Waals surface area contributed by atoms with Gasteiger partial charge < -0.3 is 0 Å². The minimum absolute atomic E-state index is 0.0617. The van der Waals surface area contributed by atoms with Crippen molar-refractivity contribution < 1.29 is 13.2 Å². The van der Waals surface area contributed by atoms with E-state index in [2.05, 4.69) is 24.8 Å². The smallest absolute Gasteiger partial charge is 0.166 e. The highest BCUT2D eigenvalue weighted by atomic mass is 19.2. The van der Waals surface area contributed by atoms with Gasteiger partial charge in [0.2, 0.25) is 0 Å². The van der Waals surface area contributed by atoms with E-state index < -0.39 is 11.6 Å². The summed E-state index contributed by atoms with van der Waals surface area (Å²) in [5.41, 5.74) is 2.74. The Morgan fingerprint density at radius 1 is 0.844 bits per heavy atom. The normalized spacial score (nSPS) is 18.4. The van der Waals surface area contributed by atoms with Gasteiger partial charge in [-0.05, 0) is 85.2 Å². The first-order chi connectivity index (χ1) is 15.5. The van der Waals surface area contributed by atoms with Gasteiger partial charge in [0.25, 0.3) is 0 Å². The summed E-state index contributed by atoms with van der Waals surface area (Å²) < 4.78 is 42.0. The van der Waals surface area contributed by atoms with Crippen molar-refractivity contribution in [2.24, 2.45) is 5.92 Å². The lowest BCUT2D eigenvalue weighted by Gasteiger charge is -2.26. The fourth-order valence-corrected chi connectivity index (χ4v) is 4.71. The molecule has 4 rings (SSSR count). The number of rotatable bonds is 5. The van der Waals surface area contributed by atoms with Crippen LogP contribution in [0.25, 0.3) is 10.8 Å². The van der Waals surface area contributed by atoms with Crippen LogP contribution in [0.4, 0.5) is 13.2 Å². The molecule has 0 heterocycles. The first-order valence-corrected chi connectivity index (χ1v) is 11.7. The number of unbranched alkanes of at least 4 members (excludes halogenated alkanes) is 2. The van der Waals surface area contributed by atoms with Crippen LogP contribution in [0, 0.1) is 35.2 Å². The molecule has 32 heavy (non-hydrogen) atoms. The van der Waals surface area contributed by atoms with Crippen molar-refractivity contribution in [3.63, 3.8) is 0 Å². The standard InChI is InChI=1S/C29H29F3/c1-2-3-4-5-21-10-15-25(28(31)19-21)23-12-8-20(9-13-23)6-7-22-11-16-26-24(18-22)14-17-27(30)29(26)32/h10-11,14-20,23H,2-5,8-9,12-13H2,1H3. The average molecular weight is 435 g/mol. The molecule has 1 aliphatic rings. The maximum atomic E-state index is 14.7. The molecule has 0 unspecified atom stereocenters. The molecule has 3 aromatic rings. The quantitative estimate of drug-likeness (QED) is 0.280. The number of halogens is 3. The van der Waals surface area contributed by atoms with Gasteiger partial charge >= 0.3 is 0 Å². The van der Waals surface area contributed by atoms with E-state index >= 15 is 0 Å². The Kier molecular flexibility index (Phi) is 7.20. The summed E-state index contributed by atoms with van der Waals surface area (Å²) in [7, 11) is 0. The van der Waals surface area contributed by atoms with Crippen LogP contribution < -0.4 is 0 Å². The molecule has 0 saturated heterocycles. The Bertz CT molecular complexity index is 1140. The molecule has 0 atom stereocenters. The van der Waals surface area contributed by atoms with Gasteiger partial charge in [-0.2, -0.15) is 0 Å².